The maximum Gasteiger partial charge on any atom is 0.255 e. The Bertz CT molecular complexity index is 1450. The van der Waals surface area contributed by atoms with Gasteiger partial charge in [-0.2, -0.15) is 5.10 Å². The highest BCUT2D eigenvalue weighted by atomic mass is 32.1. The number of aliphatic hydroxyl groups is 1. The van der Waals surface area contributed by atoms with Crippen LogP contribution in [0.5, 0.6) is 0 Å². The van der Waals surface area contributed by atoms with E-state index in [1.807, 2.05) is 36.4 Å². The predicted molar refractivity (Wildman–Crippen MR) is 131 cm³/mol. The number of aromatic nitrogens is 3. The van der Waals surface area contributed by atoms with Crippen LogP contribution in [0.1, 0.15) is 22.8 Å². The second-order valence-electron chi connectivity index (χ2n) is 7.90. The molecule has 3 heterocycles. The maximum absolute atomic E-state index is 13.5. The molecule has 170 valence electrons. The number of nitrogens with one attached hydrogen (secondary N) is 2. The Labute approximate surface area is 199 Å². The number of carbonyl (C=O) groups excluding carboxylic acids is 2. The molecule has 3 N–H and O–H groups in total. The van der Waals surface area contributed by atoms with E-state index in [1.165, 1.54) is 16.2 Å². The molecule has 0 aliphatic carbocycles. The average Bonchev–Trinajstić information content (AvgIpc) is 3.57. The van der Waals surface area contributed by atoms with E-state index in [1.54, 1.807) is 30.8 Å². The number of hydrogen-bond donors (Lipinski definition) is 3. The number of rotatable bonds is 6. The molecule has 0 saturated heterocycles. The first-order valence-electron chi connectivity index (χ1n) is 10.6. The lowest BCUT2D eigenvalue weighted by Crippen LogP contribution is -2.46. The van der Waals surface area contributed by atoms with Gasteiger partial charge in [-0.05, 0) is 41.8 Å². The van der Waals surface area contributed by atoms with Crippen molar-refractivity contribution < 1.29 is 14.7 Å². The van der Waals surface area contributed by atoms with Crippen LogP contribution >= 0.6 is 11.3 Å². The van der Waals surface area contributed by atoms with Gasteiger partial charge in [0.15, 0.2) is 5.13 Å². The molecule has 2 aromatic carbocycles. The summed E-state index contributed by atoms with van der Waals surface area (Å²) in [6, 6.07) is 10.6. The van der Waals surface area contributed by atoms with Crippen molar-refractivity contribution >= 4 is 39.2 Å². The van der Waals surface area contributed by atoms with Crippen LogP contribution in [-0.2, 0) is 11.3 Å². The third-order valence-corrected chi connectivity index (χ3v) is 6.57. The molecule has 1 atom stereocenters. The summed E-state index contributed by atoms with van der Waals surface area (Å²) in [4.78, 5) is 32.3. The molecule has 9 heteroatoms. The van der Waals surface area contributed by atoms with Crippen LogP contribution in [0.3, 0.4) is 0 Å². The number of fused-ring (bicyclic) bond motifs is 2. The summed E-state index contributed by atoms with van der Waals surface area (Å²) in [5.74, 6) is -1.02. The lowest BCUT2D eigenvalue weighted by atomic mass is 9.99. The van der Waals surface area contributed by atoms with Crippen LogP contribution in [0.2, 0.25) is 0 Å². The topological polar surface area (TPSA) is 111 Å². The van der Waals surface area contributed by atoms with Crippen molar-refractivity contribution in [2.75, 3.05) is 5.32 Å². The summed E-state index contributed by atoms with van der Waals surface area (Å²) >= 11 is 1.27. The van der Waals surface area contributed by atoms with Crippen LogP contribution < -0.4 is 5.32 Å². The summed E-state index contributed by atoms with van der Waals surface area (Å²) in [5, 5.41) is 23.0. The van der Waals surface area contributed by atoms with Gasteiger partial charge in [0.1, 0.15) is 11.8 Å². The number of aliphatic hydroxyl groups excluding tert-OH is 1. The molecule has 0 fully saturated rings. The van der Waals surface area contributed by atoms with Gasteiger partial charge in [0.2, 0.25) is 0 Å². The fraction of sp³-hybridized carbons (Fsp3) is 0.120. The molecule has 2 aromatic heterocycles. The number of benzene rings is 2. The molecule has 0 saturated carbocycles. The van der Waals surface area contributed by atoms with Gasteiger partial charge in [0, 0.05) is 34.6 Å². The van der Waals surface area contributed by atoms with Crippen molar-refractivity contribution in [3.8, 4) is 11.1 Å². The highest BCUT2D eigenvalue weighted by Gasteiger charge is 2.39. The van der Waals surface area contributed by atoms with E-state index in [-0.39, 0.29) is 23.8 Å². The van der Waals surface area contributed by atoms with Gasteiger partial charge in [0.05, 0.1) is 11.7 Å². The lowest BCUT2D eigenvalue weighted by Gasteiger charge is -2.28. The molecule has 8 nitrogen and oxygen atoms in total. The van der Waals surface area contributed by atoms with Crippen molar-refractivity contribution in [2.45, 2.75) is 19.5 Å². The van der Waals surface area contributed by atoms with E-state index in [4.69, 9.17) is 0 Å². The zero-order valence-corrected chi connectivity index (χ0v) is 19.1. The highest BCUT2D eigenvalue weighted by Crippen LogP contribution is 2.33. The molecule has 1 unspecified atom stereocenters. The Hall–Kier alpha value is -4.24. The standard InChI is InChI=1S/C25H21N5O3S/c1-3-19(14(2)31)22(23(32)28-25-26-8-9-34-25)30-13-17-5-4-16(11-20(17)24(30)33)15-6-7-21-18(10-15)12-27-29-21/h3-12,22,31H,2,13H2,1H3,(H,27,29)(H,26,28,32)/b19-3+. The molecule has 4 aromatic rings. The van der Waals surface area contributed by atoms with Crippen LogP contribution in [0.15, 0.2) is 78.2 Å². The fourth-order valence-corrected chi connectivity index (χ4v) is 4.76. The van der Waals surface area contributed by atoms with Gasteiger partial charge in [-0.25, -0.2) is 4.98 Å². The normalized spacial score (nSPS) is 14.3. The van der Waals surface area contributed by atoms with Crippen LogP contribution in [0.25, 0.3) is 22.0 Å². The average molecular weight is 472 g/mol. The Morgan fingerprint density at radius 2 is 2.09 bits per heavy atom. The third-order valence-electron chi connectivity index (χ3n) is 5.88. The number of H-pyrrole nitrogens is 1. The summed E-state index contributed by atoms with van der Waals surface area (Å²) in [5.41, 5.74) is 4.38. The molecule has 34 heavy (non-hydrogen) atoms. The van der Waals surface area contributed by atoms with Gasteiger partial charge in [0.25, 0.3) is 11.8 Å². The molecule has 1 aliphatic heterocycles. The van der Waals surface area contributed by atoms with Gasteiger partial charge in [-0.3, -0.25) is 20.0 Å². The fourth-order valence-electron chi connectivity index (χ4n) is 4.23. The van der Waals surface area contributed by atoms with Crippen LogP contribution in [0, 0.1) is 0 Å². The second kappa shape index (κ2) is 8.60. The van der Waals surface area contributed by atoms with Crippen molar-refractivity contribution in [2.24, 2.45) is 0 Å². The van der Waals surface area contributed by atoms with Gasteiger partial charge < -0.3 is 10.0 Å². The summed E-state index contributed by atoms with van der Waals surface area (Å²) in [6.45, 7) is 5.52. The molecule has 0 bridgehead atoms. The number of carbonyl (C=O) groups is 2. The predicted octanol–water partition coefficient (Wildman–Crippen LogP) is 4.67. The first-order valence-corrected chi connectivity index (χ1v) is 11.5. The first-order chi connectivity index (χ1) is 16.5. The number of thiazole rings is 1. The number of anilines is 1. The van der Waals surface area contributed by atoms with E-state index in [0.29, 0.717) is 10.7 Å². The third kappa shape index (κ3) is 3.75. The summed E-state index contributed by atoms with van der Waals surface area (Å²) in [7, 11) is 0. The zero-order chi connectivity index (χ0) is 23.8. The number of hydrogen-bond acceptors (Lipinski definition) is 6. The van der Waals surface area contributed by atoms with Crippen molar-refractivity contribution in [1.29, 1.82) is 0 Å². The Morgan fingerprint density at radius 3 is 2.82 bits per heavy atom. The first kappa shape index (κ1) is 21.6. The zero-order valence-electron chi connectivity index (χ0n) is 18.3. The molecule has 5 rings (SSSR count). The van der Waals surface area contributed by atoms with Crippen molar-refractivity contribution in [3.05, 3.63) is 89.3 Å². The lowest BCUT2D eigenvalue weighted by molar-refractivity contribution is -0.119. The minimum atomic E-state index is -1.06. The maximum atomic E-state index is 13.5. The molecular formula is C25H21N5O3S. The number of allylic oxidation sites excluding steroid dienone is 1. The highest BCUT2D eigenvalue weighted by molar-refractivity contribution is 7.13. The van der Waals surface area contributed by atoms with Crippen LogP contribution in [0.4, 0.5) is 5.13 Å². The number of nitrogens with zero attached hydrogens (tertiary/aromatic N) is 3. The smallest absolute Gasteiger partial charge is 0.255 e. The second-order valence-corrected chi connectivity index (χ2v) is 8.79. The Morgan fingerprint density at radius 1 is 1.29 bits per heavy atom. The molecule has 0 spiro atoms. The largest absolute Gasteiger partial charge is 0.508 e. The van der Waals surface area contributed by atoms with Crippen LogP contribution in [-0.4, -0.2) is 43.0 Å². The van der Waals surface area contributed by atoms with E-state index < -0.39 is 11.9 Å². The van der Waals surface area contributed by atoms with E-state index >= 15 is 0 Å². The SMILES string of the molecule is C=C(O)/C(=C\C)C(C(=O)Nc1nccs1)N1Cc2ccc(-c3ccc4[nH]ncc4c3)cc2C1=O. The molecular weight excluding hydrogens is 450 g/mol. The van der Waals surface area contributed by atoms with E-state index in [0.717, 1.165) is 27.6 Å². The monoisotopic (exact) mass is 471 g/mol. The quantitative estimate of drug-likeness (QED) is 0.280. The molecule has 0 radical (unpaired) electrons. The minimum absolute atomic E-state index is 0.232. The summed E-state index contributed by atoms with van der Waals surface area (Å²) in [6.07, 6.45) is 4.93. The minimum Gasteiger partial charge on any atom is -0.508 e. The van der Waals surface area contributed by atoms with Gasteiger partial charge in [-0.1, -0.05) is 30.9 Å². The van der Waals surface area contributed by atoms with Gasteiger partial charge in [-0.15, -0.1) is 11.3 Å². The number of aromatic amines is 1. The Kier molecular flexibility index (Phi) is 5.46. The van der Waals surface area contributed by atoms with E-state index in [9.17, 15) is 14.7 Å². The molecule has 2 amide bonds. The van der Waals surface area contributed by atoms with Crippen molar-refractivity contribution in [3.63, 3.8) is 0 Å². The number of amides is 2. The Balaban J connectivity index is 1.49. The van der Waals surface area contributed by atoms with Crippen molar-refractivity contribution in [1.82, 2.24) is 20.1 Å². The summed E-state index contributed by atoms with van der Waals surface area (Å²) < 4.78 is 0. The molecule has 1 aliphatic rings. The van der Waals surface area contributed by atoms with E-state index in [2.05, 4.69) is 27.1 Å². The van der Waals surface area contributed by atoms with Gasteiger partial charge >= 0.3 is 0 Å².